The Hall–Kier alpha value is -2.90. The van der Waals surface area contributed by atoms with E-state index in [1.807, 2.05) is 13.8 Å². The van der Waals surface area contributed by atoms with Crippen molar-refractivity contribution in [1.82, 2.24) is 9.80 Å². The van der Waals surface area contributed by atoms with E-state index in [2.05, 4.69) is 4.90 Å². The van der Waals surface area contributed by atoms with Gasteiger partial charge in [0.05, 0.1) is 23.7 Å². The third kappa shape index (κ3) is 4.64. The first kappa shape index (κ1) is 23.8. The van der Waals surface area contributed by atoms with Gasteiger partial charge in [-0.15, -0.1) is 0 Å². The van der Waals surface area contributed by atoms with Gasteiger partial charge in [-0.1, -0.05) is 37.6 Å². The smallest absolute Gasteiger partial charge is 0.295 e. The quantitative estimate of drug-likeness (QED) is 0.362. The molecule has 2 aromatic rings. The molecule has 0 radical (unpaired) electrons. The maximum atomic E-state index is 13.6. The number of ketones is 1. The Morgan fingerprint density at radius 2 is 1.81 bits per heavy atom. The summed E-state index contributed by atoms with van der Waals surface area (Å²) in [5.74, 6) is -1.93. The lowest BCUT2D eigenvalue weighted by Crippen LogP contribution is -2.38. The number of rotatable bonds is 8. The highest BCUT2D eigenvalue weighted by atomic mass is 35.5. The van der Waals surface area contributed by atoms with E-state index in [-0.39, 0.29) is 22.7 Å². The van der Waals surface area contributed by atoms with Crippen molar-refractivity contribution in [1.29, 1.82) is 0 Å². The van der Waals surface area contributed by atoms with Crippen LogP contribution in [0, 0.1) is 5.82 Å². The Morgan fingerprint density at radius 1 is 1.16 bits per heavy atom. The van der Waals surface area contributed by atoms with Crippen molar-refractivity contribution in [3.05, 3.63) is 70.0 Å². The minimum Gasteiger partial charge on any atom is -0.507 e. The molecule has 170 valence electrons. The van der Waals surface area contributed by atoms with E-state index >= 15 is 0 Å². The second-order valence-corrected chi connectivity index (χ2v) is 7.82. The SMILES string of the molecule is CCN(CC)CCN1C(=O)C(=O)/C(=C(/O)c2cc(OC)ccc2Cl)C1c1ccc(F)cc1. The van der Waals surface area contributed by atoms with E-state index in [0.29, 0.717) is 17.9 Å². The lowest BCUT2D eigenvalue weighted by Gasteiger charge is -2.28. The first-order chi connectivity index (χ1) is 15.3. The monoisotopic (exact) mass is 460 g/mol. The molecule has 1 unspecified atom stereocenters. The van der Waals surface area contributed by atoms with E-state index in [9.17, 15) is 19.1 Å². The molecule has 0 aliphatic carbocycles. The number of halogens is 2. The van der Waals surface area contributed by atoms with E-state index in [4.69, 9.17) is 16.3 Å². The normalized spacial score (nSPS) is 17.9. The van der Waals surface area contributed by atoms with Crippen LogP contribution in [0.1, 0.15) is 31.0 Å². The molecule has 1 N–H and O–H groups in total. The van der Waals surface area contributed by atoms with Gasteiger partial charge in [0.2, 0.25) is 0 Å². The Balaban J connectivity index is 2.14. The number of benzene rings is 2. The molecule has 1 saturated heterocycles. The van der Waals surface area contributed by atoms with Crippen LogP contribution >= 0.6 is 11.6 Å². The summed E-state index contributed by atoms with van der Waals surface area (Å²) in [6.07, 6.45) is 0. The van der Waals surface area contributed by atoms with Gasteiger partial charge in [-0.05, 0) is 49.0 Å². The van der Waals surface area contributed by atoms with E-state index in [1.165, 1.54) is 42.3 Å². The van der Waals surface area contributed by atoms with Crippen LogP contribution in [0.5, 0.6) is 5.75 Å². The van der Waals surface area contributed by atoms with Gasteiger partial charge in [0, 0.05) is 18.7 Å². The van der Waals surface area contributed by atoms with Crippen LogP contribution in [-0.4, -0.2) is 59.9 Å². The number of methoxy groups -OCH3 is 1. The summed E-state index contributed by atoms with van der Waals surface area (Å²) in [4.78, 5) is 29.6. The van der Waals surface area contributed by atoms with Gasteiger partial charge in [-0.2, -0.15) is 0 Å². The second kappa shape index (κ2) is 10.1. The largest absolute Gasteiger partial charge is 0.507 e. The van der Waals surface area contributed by atoms with Crippen molar-refractivity contribution in [2.24, 2.45) is 0 Å². The third-order valence-electron chi connectivity index (χ3n) is 5.71. The zero-order valence-corrected chi connectivity index (χ0v) is 19.0. The summed E-state index contributed by atoms with van der Waals surface area (Å²) in [6.45, 7) is 6.44. The molecule has 1 aliphatic rings. The minimum absolute atomic E-state index is 0.0868. The highest BCUT2D eigenvalue weighted by Crippen LogP contribution is 2.41. The molecule has 32 heavy (non-hydrogen) atoms. The number of Topliss-reactive ketones (excluding diaryl/α,β-unsaturated/α-hetero) is 1. The zero-order valence-electron chi connectivity index (χ0n) is 18.3. The Kier molecular flexibility index (Phi) is 7.53. The van der Waals surface area contributed by atoms with Crippen LogP contribution in [0.15, 0.2) is 48.0 Å². The van der Waals surface area contributed by atoms with Crippen LogP contribution in [-0.2, 0) is 9.59 Å². The highest BCUT2D eigenvalue weighted by molar-refractivity contribution is 6.47. The summed E-state index contributed by atoms with van der Waals surface area (Å²) < 4.78 is 18.8. The number of aliphatic hydroxyl groups excluding tert-OH is 1. The molecule has 6 nitrogen and oxygen atoms in total. The number of hydrogen-bond donors (Lipinski definition) is 1. The molecular formula is C24H26ClFN2O4. The molecule has 0 saturated carbocycles. The Bertz CT molecular complexity index is 1030. The van der Waals surface area contributed by atoms with Crippen LogP contribution in [0.4, 0.5) is 4.39 Å². The molecule has 0 spiro atoms. The number of amides is 1. The van der Waals surface area contributed by atoms with E-state index in [0.717, 1.165) is 13.1 Å². The standard InChI is InChI=1S/C24H26ClFN2O4/c1-4-27(5-2)12-13-28-21(15-6-8-16(26)9-7-15)20(23(30)24(28)31)22(29)18-14-17(32-3)10-11-19(18)25/h6-11,14,21,29H,4-5,12-13H2,1-3H3/b22-20+. The third-order valence-corrected chi connectivity index (χ3v) is 6.04. The summed E-state index contributed by atoms with van der Waals surface area (Å²) >= 11 is 6.29. The summed E-state index contributed by atoms with van der Waals surface area (Å²) in [7, 11) is 1.47. The molecule has 1 heterocycles. The molecule has 3 rings (SSSR count). The molecule has 2 aromatic carbocycles. The van der Waals surface area contributed by atoms with Gasteiger partial charge in [0.15, 0.2) is 0 Å². The Morgan fingerprint density at radius 3 is 2.41 bits per heavy atom. The van der Waals surface area contributed by atoms with Crippen molar-refractivity contribution in [2.75, 3.05) is 33.3 Å². The van der Waals surface area contributed by atoms with Gasteiger partial charge in [-0.25, -0.2) is 4.39 Å². The molecular weight excluding hydrogens is 435 g/mol. The van der Waals surface area contributed by atoms with Crippen molar-refractivity contribution < 1.29 is 23.8 Å². The number of ether oxygens (including phenoxy) is 1. The fraction of sp³-hybridized carbons (Fsp3) is 0.333. The lowest BCUT2D eigenvalue weighted by atomic mass is 9.95. The number of likely N-dealkylation sites (tertiary alicyclic amines) is 1. The molecule has 1 aliphatic heterocycles. The molecule has 0 aromatic heterocycles. The van der Waals surface area contributed by atoms with Gasteiger partial charge < -0.3 is 19.6 Å². The molecule has 1 fully saturated rings. The average Bonchev–Trinajstić information content (AvgIpc) is 3.05. The van der Waals surface area contributed by atoms with Crippen molar-refractivity contribution in [3.63, 3.8) is 0 Å². The van der Waals surface area contributed by atoms with Crippen molar-refractivity contribution in [2.45, 2.75) is 19.9 Å². The van der Waals surface area contributed by atoms with Crippen molar-refractivity contribution in [3.8, 4) is 5.75 Å². The predicted octanol–water partition coefficient (Wildman–Crippen LogP) is 4.25. The number of nitrogens with zero attached hydrogens (tertiary/aromatic N) is 2. The fourth-order valence-electron chi connectivity index (χ4n) is 3.85. The summed E-state index contributed by atoms with van der Waals surface area (Å²) in [5, 5.41) is 11.3. The van der Waals surface area contributed by atoms with Crippen LogP contribution < -0.4 is 4.74 Å². The van der Waals surface area contributed by atoms with Crippen LogP contribution in [0.25, 0.3) is 5.76 Å². The highest BCUT2D eigenvalue weighted by Gasteiger charge is 2.46. The van der Waals surface area contributed by atoms with E-state index in [1.54, 1.807) is 12.1 Å². The minimum atomic E-state index is -0.867. The fourth-order valence-corrected chi connectivity index (χ4v) is 4.06. The maximum absolute atomic E-state index is 13.6. The summed E-state index contributed by atoms with van der Waals surface area (Å²) in [5.41, 5.74) is 0.613. The van der Waals surface area contributed by atoms with Gasteiger partial charge in [0.25, 0.3) is 11.7 Å². The van der Waals surface area contributed by atoms with Crippen LogP contribution in [0.3, 0.4) is 0 Å². The zero-order chi connectivity index (χ0) is 23.4. The number of aliphatic hydroxyl groups is 1. The first-order valence-corrected chi connectivity index (χ1v) is 10.8. The predicted molar refractivity (Wildman–Crippen MR) is 121 cm³/mol. The topological polar surface area (TPSA) is 70.1 Å². The maximum Gasteiger partial charge on any atom is 0.295 e. The molecule has 1 atom stereocenters. The number of likely N-dealkylation sites (N-methyl/N-ethyl adjacent to an activating group) is 1. The van der Waals surface area contributed by atoms with Crippen LogP contribution in [0.2, 0.25) is 5.02 Å². The average molecular weight is 461 g/mol. The molecule has 0 bridgehead atoms. The van der Waals surface area contributed by atoms with Crippen molar-refractivity contribution >= 4 is 29.1 Å². The van der Waals surface area contributed by atoms with Gasteiger partial charge >= 0.3 is 0 Å². The molecule has 8 heteroatoms. The second-order valence-electron chi connectivity index (χ2n) is 7.42. The first-order valence-electron chi connectivity index (χ1n) is 10.4. The number of carbonyl (C=O) groups excluding carboxylic acids is 2. The number of carbonyl (C=O) groups is 2. The Labute approximate surface area is 191 Å². The number of hydrogen-bond acceptors (Lipinski definition) is 5. The van der Waals surface area contributed by atoms with Gasteiger partial charge in [-0.3, -0.25) is 9.59 Å². The van der Waals surface area contributed by atoms with Gasteiger partial charge in [0.1, 0.15) is 17.3 Å². The lowest BCUT2D eigenvalue weighted by molar-refractivity contribution is -0.140. The summed E-state index contributed by atoms with van der Waals surface area (Å²) in [6, 6.07) is 9.35. The van der Waals surface area contributed by atoms with E-state index < -0.39 is 29.3 Å². The molecule has 1 amide bonds.